The molecular weight excluding hydrogens is 443 g/mol. The van der Waals surface area contributed by atoms with Crippen molar-refractivity contribution in [2.75, 3.05) is 17.3 Å². The predicted octanol–water partition coefficient (Wildman–Crippen LogP) is 5.83. The summed E-state index contributed by atoms with van der Waals surface area (Å²) in [4.78, 5) is 13.6. The molecule has 0 aliphatic heterocycles. The summed E-state index contributed by atoms with van der Waals surface area (Å²) in [6, 6.07) is 21.9. The summed E-state index contributed by atoms with van der Waals surface area (Å²) in [6.45, 7) is 2.00. The van der Waals surface area contributed by atoms with Gasteiger partial charge >= 0.3 is 0 Å². The molecule has 5 nitrogen and oxygen atoms in total. The average Bonchev–Trinajstić information content (AvgIpc) is 3.22. The minimum Gasteiger partial charge on any atom is -0.325 e. The minimum atomic E-state index is -0.378. The number of rotatable bonds is 7. The van der Waals surface area contributed by atoms with E-state index in [1.165, 1.54) is 17.8 Å². The molecule has 4 rings (SSSR count). The van der Waals surface area contributed by atoms with Crippen LogP contribution in [0.25, 0.3) is 17.1 Å². The van der Waals surface area contributed by atoms with Crippen molar-refractivity contribution in [2.24, 2.45) is 0 Å². The Balaban J connectivity index is 1.60. The van der Waals surface area contributed by atoms with Gasteiger partial charge in [0.1, 0.15) is 5.82 Å². The maximum atomic E-state index is 14.5. The number of anilines is 1. The number of carbonyl (C=O) groups is 1. The monoisotopic (exact) mass is 464 g/mol. The van der Waals surface area contributed by atoms with Crippen molar-refractivity contribution in [3.8, 4) is 17.1 Å². The number of carbonyl (C=O) groups excluding carboxylic acids is 1. The number of hydrogen-bond donors (Lipinski definition) is 1. The Hall–Kier alpha value is -3.10. The fourth-order valence-corrected chi connectivity index (χ4v) is 4.35. The van der Waals surface area contributed by atoms with Gasteiger partial charge in [-0.3, -0.25) is 9.36 Å². The molecule has 0 bridgehead atoms. The summed E-state index contributed by atoms with van der Waals surface area (Å²) in [5, 5.41) is 11.9. The van der Waals surface area contributed by atoms with E-state index in [1.807, 2.05) is 61.7 Å². The summed E-state index contributed by atoms with van der Waals surface area (Å²) >= 11 is 2.87. The second kappa shape index (κ2) is 10.0. The van der Waals surface area contributed by atoms with Gasteiger partial charge in [-0.25, -0.2) is 4.39 Å². The number of aromatic nitrogens is 3. The van der Waals surface area contributed by atoms with E-state index in [1.54, 1.807) is 34.5 Å². The SMILES string of the molecule is CSc1cccc(NC(=O)CSc2nnc(-c3ccccc3F)n2-c2ccc(C)cc2)c1. The molecule has 1 amide bonds. The lowest BCUT2D eigenvalue weighted by Crippen LogP contribution is -2.14. The van der Waals surface area contributed by atoms with Gasteiger partial charge in [0.2, 0.25) is 5.91 Å². The molecule has 0 radical (unpaired) electrons. The fourth-order valence-electron chi connectivity index (χ4n) is 3.14. The van der Waals surface area contributed by atoms with Gasteiger partial charge in [-0.05, 0) is 55.6 Å². The van der Waals surface area contributed by atoms with Crippen LogP contribution in [0.1, 0.15) is 5.56 Å². The number of benzene rings is 3. The molecule has 0 saturated heterocycles. The summed E-state index contributed by atoms with van der Waals surface area (Å²) in [6.07, 6.45) is 1.99. The van der Waals surface area contributed by atoms with Crippen molar-refractivity contribution in [2.45, 2.75) is 17.0 Å². The third kappa shape index (κ3) is 5.03. The molecule has 162 valence electrons. The number of nitrogens with zero attached hydrogens (tertiary/aromatic N) is 3. The molecular formula is C24H21FN4OS2. The lowest BCUT2D eigenvalue weighted by atomic mass is 10.2. The molecule has 1 N–H and O–H groups in total. The molecule has 1 aromatic heterocycles. The highest BCUT2D eigenvalue weighted by Gasteiger charge is 2.19. The van der Waals surface area contributed by atoms with Crippen molar-refractivity contribution in [1.29, 1.82) is 0 Å². The lowest BCUT2D eigenvalue weighted by molar-refractivity contribution is -0.113. The summed E-state index contributed by atoms with van der Waals surface area (Å²) in [7, 11) is 0. The van der Waals surface area contributed by atoms with Gasteiger partial charge in [-0.15, -0.1) is 22.0 Å². The molecule has 3 aromatic carbocycles. The van der Waals surface area contributed by atoms with Crippen molar-refractivity contribution < 1.29 is 9.18 Å². The van der Waals surface area contributed by atoms with Crippen LogP contribution in [0.4, 0.5) is 10.1 Å². The van der Waals surface area contributed by atoms with Gasteiger partial charge < -0.3 is 5.32 Å². The summed E-state index contributed by atoms with van der Waals surface area (Å²) < 4.78 is 16.3. The highest BCUT2D eigenvalue weighted by Crippen LogP contribution is 2.29. The summed E-state index contributed by atoms with van der Waals surface area (Å²) in [5.41, 5.74) is 3.00. The highest BCUT2D eigenvalue weighted by atomic mass is 32.2. The Labute approximate surface area is 194 Å². The predicted molar refractivity (Wildman–Crippen MR) is 129 cm³/mol. The molecule has 1 heterocycles. The van der Waals surface area contributed by atoms with E-state index < -0.39 is 0 Å². The number of nitrogens with one attached hydrogen (secondary N) is 1. The first-order valence-corrected chi connectivity index (χ1v) is 12.1. The first-order chi connectivity index (χ1) is 15.5. The summed E-state index contributed by atoms with van der Waals surface area (Å²) in [5.74, 6) is 0.00279. The molecule has 0 atom stereocenters. The average molecular weight is 465 g/mol. The standard InChI is InChI=1S/C24H21FN4OS2/c1-16-10-12-18(13-11-16)29-23(20-8-3-4-9-21(20)25)27-28-24(29)32-15-22(30)26-17-6-5-7-19(14-17)31-2/h3-14H,15H2,1-2H3,(H,26,30). The van der Waals surface area contributed by atoms with Gasteiger partial charge in [0.25, 0.3) is 0 Å². The largest absolute Gasteiger partial charge is 0.325 e. The number of thioether (sulfide) groups is 2. The van der Waals surface area contributed by atoms with Gasteiger partial charge in [0.05, 0.1) is 11.3 Å². The van der Waals surface area contributed by atoms with Crippen LogP contribution in [0.3, 0.4) is 0 Å². The zero-order chi connectivity index (χ0) is 22.5. The van der Waals surface area contributed by atoms with E-state index in [2.05, 4.69) is 15.5 Å². The van der Waals surface area contributed by atoms with Crippen LogP contribution in [0.15, 0.2) is 82.8 Å². The molecule has 32 heavy (non-hydrogen) atoms. The first kappa shape index (κ1) is 22.1. The maximum absolute atomic E-state index is 14.5. The molecule has 8 heteroatoms. The molecule has 0 aliphatic rings. The van der Waals surface area contributed by atoms with Crippen molar-refractivity contribution >= 4 is 35.1 Å². The van der Waals surface area contributed by atoms with E-state index in [-0.39, 0.29) is 17.5 Å². The van der Waals surface area contributed by atoms with E-state index in [0.717, 1.165) is 21.8 Å². The van der Waals surface area contributed by atoms with E-state index in [9.17, 15) is 9.18 Å². The third-order valence-corrected chi connectivity index (χ3v) is 6.38. The van der Waals surface area contributed by atoms with Crippen molar-refractivity contribution in [1.82, 2.24) is 14.8 Å². The van der Waals surface area contributed by atoms with Crippen LogP contribution in [-0.2, 0) is 4.79 Å². The second-order valence-corrected chi connectivity index (χ2v) is 8.85. The normalized spacial score (nSPS) is 10.8. The van der Waals surface area contributed by atoms with Gasteiger partial charge in [0.15, 0.2) is 11.0 Å². The highest BCUT2D eigenvalue weighted by molar-refractivity contribution is 7.99. The van der Waals surface area contributed by atoms with Gasteiger partial charge in [0, 0.05) is 16.3 Å². The van der Waals surface area contributed by atoms with E-state index in [0.29, 0.717) is 16.5 Å². The van der Waals surface area contributed by atoms with Gasteiger partial charge in [-0.2, -0.15) is 0 Å². The van der Waals surface area contributed by atoms with Crippen LogP contribution in [-0.4, -0.2) is 32.7 Å². The zero-order valence-corrected chi connectivity index (χ0v) is 19.2. The maximum Gasteiger partial charge on any atom is 0.234 e. The van der Waals surface area contributed by atoms with Gasteiger partial charge in [-0.1, -0.05) is 47.7 Å². The van der Waals surface area contributed by atoms with Crippen molar-refractivity contribution in [3.63, 3.8) is 0 Å². The topological polar surface area (TPSA) is 59.8 Å². The van der Waals surface area contributed by atoms with Crippen LogP contribution in [0.5, 0.6) is 0 Å². The second-order valence-electron chi connectivity index (χ2n) is 7.03. The molecule has 0 spiro atoms. The number of halogens is 1. The third-order valence-electron chi connectivity index (χ3n) is 4.73. The Bertz CT molecular complexity index is 1240. The lowest BCUT2D eigenvalue weighted by Gasteiger charge is -2.11. The Morgan fingerprint density at radius 3 is 2.56 bits per heavy atom. The molecule has 4 aromatic rings. The molecule has 0 fully saturated rings. The quantitative estimate of drug-likeness (QED) is 0.349. The van der Waals surface area contributed by atoms with Crippen molar-refractivity contribution in [3.05, 3.63) is 84.2 Å². The van der Waals surface area contributed by atoms with E-state index >= 15 is 0 Å². The zero-order valence-electron chi connectivity index (χ0n) is 17.6. The van der Waals surface area contributed by atoms with E-state index in [4.69, 9.17) is 0 Å². The number of amides is 1. The Kier molecular flexibility index (Phi) is 6.92. The van der Waals surface area contributed by atoms with Crippen LogP contribution < -0.4 is 5.32 Å². The molecule has 0 aliphatic carbocycles. The Morgan fingerprint density at radius 1 is 1.03 bits per heavy atom. The number of hydrogen-bond acceptors (Lipinski definition) is 5. The Morgan fingerprint density at radius 2 is 1.81 bits per heavy atom. The van der Waals surface area contributed by atoms with Crippen LogP contribution in [0, 0.1) is 12.7 Å². The first-order valence-electron chi connectivity index (χ1n) is 9.89. The van der Waals surface area contributed by atoms with Crippen LogP contribution >= 0.6 is 23.5 Å². The number of aryl methyl sites for hydroxylation is 1. The minimum absolute atomic E-state index is 0.144. The van der Waals surface area contributed by atoms with Crippen LogP contribution in [0.2, 0.25) is 0 Å². The molecule has 0 unspecified atom stereocenters. The molecule has 0 saturated carbocycles. The smallest absolute Gasteiger partial charge is 0.234 e. The fraction of sp³-hybridized carbons (Fsp3) is 0.125.